The molecule has 6 nitrogen and oxygen atoms in total. The van der Waals surface area contributed by atoms with E-state index >= 15 is 0 Å². The summed E-state index contributed by atoms with van der Waals surface area (Å²) in [5.41, 5.74) is 5.86. The summed E-state index contributed by atoms with van der Waals surface area (Å²) < 4.78 is 11.7. The van der Waals surface area contributed by atoms with Crippen LogP contribution in [0.4, 0.5) is 0 Å². The molecule has 5 rings (SSSR count). The second kappa shape index (κ2) is 5.99. The van der Waals surface area contributed by atoms with Crippen molar-refractivity contribution in [3.63, 3.8) is 0 Å². The summed E-state index contributed by atoms with van der Waals surface area (Å²) in [7, 11) is 0. The molecule has 0 fully saturated rings. The third kappa shape index (κ3) is 2.48. The van der Waals surface area contributed by atoms with Gasteiger partial charge in [0.25, 0.3) is 0 Å². The Hall–Kier alpha value is -3.59. The van der Waals surface area contributed by atoms with Crippen LogP contribution in [0.2, 0.25) is 0 Å². The number of ether oxygens (including phenoxy) is 1. The first-order valence-electron chi connectivity index (χ1n) is 8.80. The minimum atomic E-state index is -0.00970. The third-order valence-electron chi connectivity index (χ3n) is 5.24. The van der Waals surface area contributed by atoms with Crippen molar-refractivity contribution in [2.24, 2.45) is 0 Å². The van der Waals surface area contributed by atoms with Gasteiger partial charge in [0.2, 0.25) is 0 Å². The average Bonchev–Trinajstić information content (AvgIpc) is 3.41. The maximum Gasteiger partial charge on any atom is 0.181 e. The zero-order valence-electron chi connectivity index (χ0n) is 14.7. The number of nitrogens with zero attached hydrogens (tertiary/aromatic N) is 3. The Morgan fingerprint density at radius 1 is 1.30 bits per heavy atom. The Kier molecular flexibility index (Phi) is 3.47. The molecule has 1 aliphatic carbocycles. The minimum Gasteiger partial charge on any atom is -0.486 e. The summed E-state index contributed by atoms with van der Waals surface area (Å²) in [6, 6.07) is 12.0. The molecule has 6 heteroatoms. The highest BCUT2D eigenvalue weighted by Gasteiger charge is 2.26. The highest BCUT2D eigenvalue weighted by Crippen LogP contribution is 2.38. The molecule has 1 aliphatic rings. The van der Waals surface area contributed by atoms with Gasteiger partial charge in [-0.15, -0.1) is 0 Å². The number of fused-ring (bicyclic) bond motifs is 2. The second-order valence-electron chi connectivity index (χ2n) is 6.71. The Morgan fingerprint density at radius 3 is 3.04 bits per heavy atom. The zero-order chi connectivity index (χ0) is 18.4. The highest BCUT2D eigenvalue weighted by atomic mass is 16.5. The molecule has 27 heavy (non-hydrogen) atoms. The molecule has 132 valence electrons. The van der Waals surface area contributed by atoms with Crippen LogP contribution in [-0.4, -0.2) is 15.2 Å². The molecule has 2 aromatic heterocycles. The number of aromatic nitrogens is 3. The molecular formula is C21H16N4O2. The Balaban J connectivity index is 1.49. The minimum absolute atomic E-state index is 0.00970. The summed E-state index contributed by atoms with van der Waals surface area (Å²) in [5, 5.41) is 17.5. The quantitative estimate of drug-likeness (QED) is 0.585. The van der Waals surface area contributed by atoms with E-state index in [4.69, 9.17) is 9.15 Å². The Labute approximate surface area is 155 Å². The number of nitriles is 1. The van der Waals surface area contributed by atoms with Crippen LogP contribution in [0.25, 0.3) is 22.4 Å². The van der Waals surface area contributed by atoms with Crippen molar-refractivity contribution in [2.45, 2.75) is 25.9 Å². The van der Waals surface area contributed by atoms with Gasteiger partial charge in [-0.3, -0.25) is 5.10 Å². The first kappa shape index (κ1) is 15.6. The van der Waals surface area contributed by atoms with Gasteiger partial charge in [0.15, 0.2) is 12.2 Å². The van der Waals surface area contributed by atoms with Crippen LogP contribution >= 0.6 is 0 Å². The predicted molar refractivity (Wildman–Crippen MR) is 99.2 cm³/mol. The van der Waals surface area contributed by atoms with E-state index in [0.29, 0.717) is 11.5 Å². The maximum atomic E-state index is 9.23. The van der Waals surface area contributed by atoms with Crippen LogP contribution < -0.4 is 4.74 Å². The van der Waals surface area contributed by atoms with Gasteiger partial charge in [0.1, 0.15) is 17.5 Å². The zero-order valence-corrected chi connectivity index (χ0v) is 14.7. The van der Waals surface area contributed by atoms with Gasteiger partial charge < -0.3 is 9.15 Å². The fraction of sp³-hybridized carbons (Fsp3) is 0.190. The molecule has 0 aliphatic heterocycles. The number of oxazole rings is 1. The molecule has 0 radical (unpaired) electrons. The van der Waals surface area contributed by atoms with Gasteiger partial charge in [-0.05, 0) is 60.7 Å². The number of benzene rings is 2. The lowest BCUT2D eigenvalue weighted by molar-refractivity contribution is 0.208. The van der Waals surface area contributed by atoms with Crippen molar-refractivity contribution in [1.29, 1.82) is 5.26 Å². The van der Waals surface area contributed by atoms with Crippen LogP contribution in [0, 0.1) is 18.3 Å². The first-order valence-corrected chi connectivity index (χ1v) is 8.80. The van der Waals surface area contributed by atoms with E-state index in [1.54, 1.807) is 6.20 Å². The second-order valence-corrected chi connectivity index (χ2v) is 6.71. The third-order valence-corrected chi connectivity index (χ3v) is 5.24. The largest absolute Gasteiger partial charge is 0.486 e. The lowest BCUT2D eigenvalue weighted by Gasteiger charge is -2.16. The van der Waals surface area contributed by atoms with Crippen LogP contribution in [0.5, 0.6) is 5.75 Å². The number of H-pyrrole nitrogens is 1. The Morgan fingerprint density at radius 2 is 2.22 bits per heavy atom. The van der Waals surface area contributed by atoms with Crippen molar-refractivity contribution >= 4 is 10.9 Å². The van der Waals surface area contributed by atoms with E-state index in [1.165, 1.54) is 17.5 Å². The summed E-state index contributed by atoms with van der Waals surface area (Å²) >= 11 is 0. The lowest BCUT2D eigenvalue weighted by Crippen LogP contribution is -2.04. The van der Waals surface area contributed by atoms with Crippen LogP contribution in [0.1, 0.15) is 34.8 Å². The van der Waals surface area contributed by atoms with Gasteiger partial charge in [0, 0.05) is 5.39 Å². The van der Waals surface area contributed by atoms with E-state index in [2.05, 4.69) is 21.3 Å². The fourth-order valence-electron chi connectivity index (χ4n) is 3.84. The van der Waals surface area contributed by atoms with Crippen LogP contribution in [0.3, 0.4) is 0 Å². The fourth-order valence-corrected chi connectivity index (χ4v) is 3.84. The summed E-state index contributed by atoms with van der Waals surface area (Å²) in [5.74, 6) is 1.40. The van der Waals surface area contributed by atoms with Gasteiger partial charge in [-0.2, -0.15) is 10.4 Å². The first-order chi connectivity index (χ1) is 13.2. The number of hydrogen-bond donors (Lipinski definition) is 1. The molecular weight excluding hydrogens is 340 g/mol. The molecule has 0 amide bonds. The van der Waals surface area contributed by atoms with E-state index in [-0.39, 0.29) is 6.10 Å². The molecule has 0 spiro atoms. The van der Waals surface area contributed by atoms with E-state index in [1.807, 2.05) is 37.3 Å². The van der Waals surface area contributed by atoms with E-state index in [0.717, 1.165) is 40.6 Å². The molecule has 0 unspecified atom stereocenters. The number of nitrogens with one attached hydrogen (secondary N) is 1. The molecule has 2 heterocycles. The molecule has 0 saturated carbocycles. The van der Waals surface area contributed by atoms with E-state index in [9.17, 15) is 5.26 Å². The number of aromatic amines is 1. The Bertz CT molecular complexity index is 1190. The molecule has 0 saturated heterocycles. The van der Waals surface area contributed by atoms with Gasteiger partial charge in [0.05, 0.1) is 23.3 Å². The van der Waals surface area contributed by atoms with Gasteiger partial charge in [-0.1, -0.05) is 6.07 Å². The SMILES string of the molecule is Cc1c(C#N)ccc2c1CC[C@H]2Oc1ccc2[nH]nc(-c3cnco3)c2c1. The monoisotopic (exact) mass is 356 g/mol. The average molecular weight is 356 g/mol. The van der Waals surface area contributed by atoms with Crippen LogP contribution in [0.15, 0.2) is 47.3 Å². The normalized spacial score (nSPS) is 15.6. The standard InChI is InChI=1S/C21H16N4O2/c1-12-13(9-22)2-4-16-15(12)5-7-19(16)27-14-3-6-18-17(8-14)21(25-24-18)20-10-23-11-26-20/h2-4,6,8,10-11,19H,5,7H2,1H3,(H,24,25)/t19-/m1/s1. The van der Waals surface area contributed by atoms with Crippen LogP contribution in [-0.2, 0) is 6.42 Å². The van der Waals surface area contributed by atoms with Crippen molar-refractivity contribution in [2.75, 3.05) is 0 Å². The number of rotatable bonds is 3. The van der Waals surface area contributed by atoms with Gasteiger partial charge >= 0.3 is 0 Å². The van der Waals surface area contributed by atoms with Crippen molar-refractivity contribution in [3.05, 3.63) is 65.2 Å². The molecule has 0 bridgehead atoms. The molecule has 1 N–H and O–H groups in total. The van der Waals surface area contributed by atoms with Crippen molar-refractivity contribution < 1.29 is 9.15 Å². The smallest absolute Gasteiger partial charge is 0.181 e. The molecule has 2 aromatic carbocycles. The summed E-state index contributed by atoms with van der Waals surface area (Å²) in [6.07, 6.45) is 4.86. The predicted octanol–water partition coefficient (Wildman–Crippen LogP) is 4.46. The highest BCUT2D eigenvalue weighted by molar-refractivity contribution is 5.92. The van der Waals surface area contributed by atoms with Crippen molar-refractivity contribution in [3.8, 4) is 23.3 Å². The lowest BCUT2D eigenvalue weighted by atomic mass is 9.99. The molecule has 4 aromatic rings. The van der Waals surface area contributed by atoms with Gasteiger partial charge in [-0.25, -0.2) is 4.98 Å². The summed E-state index contributed by atoms with van der Waals surface area (Å²) in [4.78, 5) is 3.96. The topological polar surface area (TPSA) is 87.7 Å². The molecule has 1 atom stereocenters. The van der Waals surface area contributed by atoms with E-state index < -0.39 is 0 Å². The number of hydrogen-bond acceptors (Lipinski definition) is 5. The summed E-state index contributed by atoms with van der Waals surface area (Å²) in [6.45, 7) is 2.01. The maximum absolute atomic E-state index is 9.23. The van der Waals surface area contributed by atoms with Crippen molar-refractivity contribution in [1.82, 2.24) is 15.2 Å².